The zero-order valence-electron chi connectivity index (χ0n) is 14.5. The lowest BCUT2D eigenvalue weighted by molar-refractivity contribution is -0.116. The third-order valence-electron chi connectivity index (χ3n) is 3.80. The second-order valence-corrected chi connectivity index (χ2v) is 7.20. The first-order valence-corrected chi connectivity index (χ1v) is 9.78. The zero-order valence-corrected chi connectivity index (χ0v) is 16.0. The number of aromatic nitrogens is 1. The second kappa shape index (κ2) is 8.83. The molecule has 2 aromatic carbocycles. The number of hydrogen-bond acceptors (Lipinski definition) is 4. The van der Waals surface area contributed by atoms with Gasteiger partial charge in [-0.3, -0.25) is 4.79 Å². The number of carbonyl (C=O) groups excluding carboxylic acids is 1. The van der Waals surface area contributed by atoms with Gasteiger partial charge in [-0.1, -0.05) is 43.1 Å². The van der Waals surface area contributed by atoms with Gasteiger partial charge in [0.2, 0.25) is 5.91 Å². The van der Waals surface area contributed by atoms with Gasteiger partial charge >= 0.3 is 0 Å². The maximum absolute atomic E-state index is 11.8. The average Bonchev–Trinajstić information content (AvgIpc) is 3.09. The van der Waals surface area contributed by atoms with Crippen molar-refractivity contribution in [3.63, 3.8) is 0 Å². The number of carbonyl (C=O) groups is 1. The van der Waals surface area contributed by atoms with Crippen molar-refractivity contribution in [1.82, 2.24) is 4.98 Å². The molecule has 0 atom stereocenters. The summed E-state index contributed by atoms with van der Waals surface area (Å²) in [5, 5.41) is 9.67. The molecule has 0 bridgehead atoms. The fourth-order valence-electron chi connectivity index (χ4n) is 2.44. The molecule has 0 unspecified atom stereocenters. The second-order valence-electron chi connectivity index (χ2n) is 5.90. The van der Waals surface area contributed by atoms with Crippen LogP contribution >= 0.6 is 22.9 Å². The van der Waals surface area contributed by atoms with Crippen LogP contribution in [-0.2, 0) is 4.79 Å². The van der Waals surface area contributed by atoms with Crippen LogP contribution < -0.4 is 10.6 Å². The molecule has 1 amide bonds. The van der Waals surface area contributed by atoms with E-state index in [9.17, 15) is 4.79 Å². The first-order valence-electron chi connectivity index (χ1n) is 8.52. The van der Waals surface area contributed by atoms with E-state index in [0.717, 1.165) is 40.6 Å². The number of halogens is 1. The van der Waals surface area contributed by atoms with Crippen LogP contribution in [0.3, 0.4) is 0 Å². The monoisotopic (exact) mass is 385 g/mol. The van der Waals surface area contributed by atoms with E-state index < -0.39 is 0 Å². The van der Waals surface area contributed by atoms with Gasteiger partial charge in [-0.25, -0.2) is 4.98 Å². The Morgan fingerprint density at radius 3 is 2.69 bits per heavy atom. The fraction of sp³-hybridized carbons (Fsp3) is 0.200. The molecule has 26 heavy (non-hydrogen) atoms. The molecule has 3 rings (SSSR count). The van der Waals surface area contributed by atoms with Gasteiger partial charge in [0.25, 0.3) is 0 Å². The van der Waals surface area contributed by atoms with Gasteiger partial charge < -0.3 is 10.6 Å². The van der Waals surface area contributed by atoms with E-state index in [1.807, 2.05) is 53.9 Å². The maximum atomic E-state index is 11.8. The largest absolute Gasteiger partial charge is 0.331 e. The number of amides is 1. The number of anilines is 3. The van der Waals surface area contributed by atoms with Crippen molar-refractivity contribution in [2.75, 3.05) is 10.6 Å². The Kier molecular flexibility index (Phi) is 6.26. The Morgan fingerprint density at radius 1 is 1.15 bits per heavy atom. The third kappa shape index (κ3) is 5.07. The number of benzene rings is 2. The topological polar surface area (TPSA) is 54.0 Å². The number of nitrogens with one attached hydrogen (secondary N) is 2. The summed E-state index contributed by atoms with van der Waals surface area (Å²) in [4.78, 5) is 16.4. The Bertz CT molecular complexity index is 877. The van der Waals surface area contributed by atoms with Crippen LogP contribution in [0.4, 0.5) is 16.5 Å². The van der Waals surface area contributed by atoms with Gasteiger partial charge in [0, 0.05) is 33.8 Å². The van der Waals surface area contributed by atoms with Crippen LogP contribution in [0.2, 0.25) is 5.02 Å². The van der Waals surface area contributed by atoms with Crippen LogP contribution in [0.1, 0.15) is 26.2 Å². The van der Waals surface area contributed by atoms with E-state index in [0.29, 0.717) is 11.4 Å². The fourth-order valence-corrected chi connectivity index (χ4v) is 3.37. The standard InChI is InChI=1S/C20H20ClN3OS/c1-2-3-7-19(25)22-16-10-8-14(9-11-16)18-13-26-20(24-18)23-17-6-4-5-15(21)12-17/h4-6,8-13H,2-3,7H2,1H3,(H,22,25)(H,23,24). The lowest BCUT2D eigenvalue weighted by atomic mass is 10.1. The number of unbranched alkanes of at least 4 members (excludes halogenated alkanes) is 1. The minimum Gasteiger partial charge on any atom is -0.331 e. The Balaban J connectivity index is 1.64. The van der Waals surface area contributed by atoms with E-state index in [-0.39, 0.29) is 5.91 Å². The zero-order chi connectivity index (χ0) is 18.4. The normalized spacial score (nSPS) is 10.5. The molecule has 3 aromatic rings. The van der Waals surface area contributed by atoms with Gasteiger partial charge in [0.15, 0.2) is 5.13 Å². The number of hydrogen-bond donors (Lipinski definition) is 2. The van der Waals surface area contributed by atoms with Gasteiger partial charge in [0.1, 0.15) is 0 Å². The van der Waals surface area contributed by atoms with E-state index in [2.05, 4.69) is 22.5 Å². The number of nitrogens with zero attached hydrogens (tertiary/aromatic N) is 1. The molecule has 0 saturated carbocycles. The minimum atomic E-state index is 0.0567. The summed E-state index contributed by atoms with van der Waals surface area (Å²) < 4.78 is 0. The summed E-state index contributed by atoms with van der Waals surface area (Å²) >= 11 is 7.54. The highest BCUT2D eigenvalue weighted by Crippen LogP contribution is 2.28. The van der Waals surface area contributed by atoms with E-state index in [1.54, 1.807) is 0 Å². The van der Waals surface area contributed by atoms with Crippen LogP contribution in [0.5, 0.6) is 0 Å². The van der Waals surface area contributed by atoms with E-state index in [4.69, 9.17) is 11.6 Å². The lowest BCUT2D eigenvalue weighted by Gasteiger charge is -2.05. The first-order chi connectivity index (χ1) is 12.6. The lowest BCUT2D eigenvalue weighted by Crippen LogP contribution is -2.10. The highest BCUT2D eigenvalue weighted by molar-refractivity contribution is 7.14. The number of rotatable bonds is 7. The molecule has 6 heteroatoms. The molecule has 134 valence electrons. The summed E-state index contributed by atoms with van der Waals surface area (Å²) in [5.41, 5.74) is 3.61. The Morgan fingerprint density at radius 2 is 1.96 bits per heavy atom. The van der Waals surface area contributed by atoms with Crippen LogP contribution in [0.25, 0.3) is 11.3 Å². The molecule has 0 spiro atoms. The minimum absolute atomic E-state index is 0.0567. The quantitative estimate of drug-likeness (QED) is 0.499. The van der Waals surface area contributed by atoms with Crippen molar-refractivity contribution in [1.29, 1.82) is 0 Å². The Hall–Kier alpha value is -2.37. The summed E-state index contributed by atoms with van der Waals surface area (Å²) in [7, 11) is 0. The molecular formula is C20H20ClN3OS. The van der Waals surface area contributed by atoms with Crippen molar-refractivity contribution in [2.45, 2.75) is 26.2 Å². The van der Waals surface area contributed by atoms with Crippen molar-refractivity contribution in [3.8, 4) is 11.3 Å². The SMILES string of the molecule is CCCCC(=O)Nc1ccc(-c2csc(Nc3cccc(Cl)c3)n2)cc1. The van der Waals surface area contributed by atoms with Crippen LogP contribution in [-0.4, -0.2) is 10.9 Å². The van der Waals surface area contributed by atoms with Crippen molar-refractivity contribution in [2.24, 2.45) is 0 Å². The molecule has 1 heterocycles. The number of thiazole rings is 1. The molecular weight excluding hydrogens is 366 g/mol. The summed E-state index contributed by atoms with van der Waals surface area (Å²) in [6.07, 6.45) is 2.48. The summed E-state index contributed by atoms with van der Waals surface area (Å²) in [6.45, 7) is 2.07. The molecule has 0 fully saturated rings. The van der Waals surface area contributed by atoms with Crippen LogP contribution in [0.15, 0.2) is 53.9 Å². The van der Waals surface area contributed by atoms with Gasteiger partial charge in [0.05, 0.1) is 5.69 Å². The van der Waals surface area contributed by atoms with E-state index in [1.165, 1.54) is 11.3 Å². The van der Waals surface area contributed by atoms with Crippen molar-refractivity contribution < 1.29 is 4.79 Å². The first kappa shape index (κ1) is 18.4. The smallest absolute Gasteiger partial charge is 0.224 e. The molecule has 1 aromatic heterocycles. The summed E-state index contributed by atoms with van der Waals surface area (Å²) in [6, 6.07) is 15.3. The molecule has 0 radical (unpaired) electrons. The van der Waals surface area contributed by atoms with Gasteiger partial charge in [-0.2, -0.15) is 0 Å². The molecule has 0 aliphatic heterocycles. The molecule has 2 N–H and O–H groups in total. The predicted octanol–water partition coefficient (Wildman–Crippen LogP) is 6.34. The molecule has 0 aliphatic carbocycles. The van der Waals surface area contributed by atoms with Crippen molar-refractivity contribution in [3.05, 3.63) is 58.9 Å². The molecule has 0 aliphatic rings. The molecule has 0 saturated heterocycles. The Labute approximate surface area is 162 Å². The summed E-state index contributed by atoms with van der Waals surface area (Å²) in [5.74, 6) is 0.0567. The predicted molar refractivity (Wildman–Crippen MR) is 110 cm³/mol. The van der Waals surface area contributed by atoms with Crippen molar-refractivity contribution >= 4 is 45.4 Å². The third-order valence-corrected chi connectivity index (χ3v) is 4.79. The van der Waals surface area contributed by atoms with Gasteiger partial charge in [-0.15, -0.1) is 11.3 Å². The average molecular weight is 386 g/mol. The highest BCUT2D eigenvalue weighted by atomic mass is 35.5. The van der Waals surface area contributed by atoms with Crippen LogP contribution in [0, 0.1) is 0 Å². The molecule has 4 nitrogen and oxygen atoms in total. The van der Waals surface area contributed by atoms with E-state index >= 15 is 0 Å². The van der Waals surface area contributed by atoms with Gasteiger partial charge in [-0.05, 0) is 36.8 Å². The maximum Gasteiger partial charge on any atom is 0.224 e. The highest BCUT2D eigenvalue weighted by Gasteiger charge is 2.07.